The first-order valence-electron chi connectivity index (χ1n) is 5.22. The van der Waals surface area contributed by atoms with Gasteiger partial charge in [0.05, 0.1) is 0 Å². The van der Waals surface area contributed by atoms with Crippen LogP contribution in [0.1, 0.15) is 5.56 Å². The van der Waals surface area contributed by atoms with Crippen molar-refractivity contribution in [1.29, 1.82) is 0 Å². The number of thioether (sulfide) groups is 1. The van der Waals surface area contributed by atoms with Gasteiger partial charge < -0.3 is 15.8 Å². The Morgan fingerprint density at radius 2 is 2.00 bits per heavy atom. The topological polar surface area (TPSA) is 61.9 Å². The van der Waals surface area contributed by atoms with Gasteiger partial charge in [0.2, 0.25) is 0 Å². The van der Waals surface area contributed by atoms with Crippen molar-refractivity contribution < 1.29 is 5.21 Å². The van der Waals surface area contributed by atoms with E-state index in [0.717, 1.165) is 35.8 Å². The van der Waals surface area contributed by atoms with Gasteiger partial charge in [0, 0.05) is 35.8 Å². The number of anilines is 1. The molecule has 0 aliphatic carbocycles. The summed E-state index contributed by atoms with van der Waals surface area (Å²) in [4.78, 5) is 2.28. The highest BCUT2D eigenvalue weighted by Crippen LogP contribution is 2.23. The van der Waals surface area contributed by atoms with Crippen LogP contribution in [-0.2, 0) is 0 Å². The van der Waals surface area contributed by atoms with Crippen LogP contribution in [0.25, 0.3) is 0 Å². The highest BCUT2D eigenvalue weighted by Gasteiger charge is 2.15. The summed E-state index contributed by atoms with van der Waals surface area (Å²) in [5, 5.41) is 11.8. The van der Waals surface area contributed by atoms with Gasteiger partial charge in [-0.3, -0.25) is 0 Å². The molecule has 0 spiro atoms. The molecule has 1 aliphatic rings. The van der Waals surface area contributed by atoms with Crippen molar-refractivity contribution in [2.75, 3.05) is 29.5 Å². The van der Waals surface area contributed by atoms with E-state index >= 15 is 0 Å². The second-order valence-corrected chi connectivity index (χ2v) is 4.83. The van der Waals surface area contributed by atoms with Crippen LogP contribution in [0.15, 0.2) is 29.4 Å². The number of hydrogen-bond acceptors (Lipinski definition) is 4. The van der Waals surface area contributed by atoms with E-state index in [1.165, 1.54) is 0 Å². The highest BCUT2D eigenvalue weighted by atomic mass is 32.2. The summed E-state index contributed by atoms with van der Waals surface area (Å²) in [7, 11) is 0. The van der Waals surface area contributed by atoms with Gasteiger partial charge in [-0.25, -0.2) is 0 Å². The molecular formula is C11H15N3OS. The molecule has 1 aromatic carbocycles. The third-order valence-corrected chi connectivity index (χ3v) is 3.58. The zero-order valence-corrected chi connectivity index (χ0v) is 9.78. The molecular weight excluding hydrogens is 222 g/mol. The van der Waals surface area contributed by atoms with E-state index in [0.29, 0.717) is 0 Å². The van der Waals surface area contributed by atoms with Gasteiger partial charge in [-0.15, -0.1) is 0 Å². The zero-order chi connectivity index (χ0) is 11.4. The van der Waals surface area contributed by atoms with Crippen molar-refractivity contribution >= 4 is 23.3 Å². The molecule has 4 nitrogen and oxygen atoms in total. The third-order valence-electron chi connectivity index (χ3n) is 2.64. The molecule has 0 bridgehead atoms. The third kappa shape index (κ3) is 2.24. The monoisotopic (exact) mass is 237 g/mol. The number of amidine groups is 1. The smallest absolute Gasteiger partial charge is 0.172 e. The van der Waals surface area contributed by atoms with Crippen molar-refractivity contribution in [3.05, 3.63) is 29.8 Å². The lowest BCUT2D eigenvalue weighted by molar-refractivity contribution is 0.318. The van der Waals surface area contributed by atoms with Crippen LogP contribution >= 0.6 is 11.8 Å². The van der Waals surface area contributed by atoms with Gasteiger partial charge in [0.15, 0.2) is 5.84 Å². The van der Waals surface area contributed by atoms with E-state index in [4.69, 9.17) is 10.9 Å². The second-order valence-electron chi connectivity index (χ2n) is 3.60. The minimum atomic E-state index is 0.175. The van der Waals surface area contributed by atoms with Crippen LogP contribution in [0.2, 0.25) is 0 Å². The molecule has 0 amide bonds. The Bertz CT molecular complexity index is 389. The maximum Gasteiger partial charge on any atom is 0.172 e. The fourth-order valence-electron chi connectivity index (χ4n) is 1.82. The summed E-state index contributed by atoms with van der Waals surface area (Å²) in [6.45, 7) is 2.03. The van der Waals surface area contributed by atoms with Gasteiger partial charge in [-0.2, -0.15) is 11.8 Å². The molecule has 1 saturated heterocycles. The lowest BCUT2D eigenvalue weighted by Gasteiger charge is -2.30. The van der Waals surface area contributed by atoms with Crippen LogP contribution in [0.3, 0.4) is 0 Å². The minimum absolute atomic E-state index is 0.175. The number of nitrogens with two attached hydrogens (primary N) is 1. The Balaban J connectivity index is 2.31. The first-order chi connectivity index (χ1) is 7.83. The maximum absolute atomic E-state index is 8.75. The van der Waals surface area contributed by atoms with Crippen LogP contribution in [0.5, 0.6) is 0 Å². The SMILES string of the molecule is N/C(=N\O)c1ccccc1N1CCSCC1. The average Bonchev–Trinajstić information content (AvgIpc) is 2.39. The Labute approximate surface area is 99.1 Å². The summed E-state index contributed by atoms with van der Waals surface area (Å²) in [6.07, 6.45) is 0. The number of hydrogen-bond donors (Lipinski definition) is 2. The van der Waals surface area contributed by atoms with Gasteiger partial charge in [0.25, 0.3) is 0 Å². The number of nitrogens with zero attached hydrogens (tertiary/aromatic N) is 2. The van der Waals surface area contributed by atoms with Crippen molar-refractivity contribution in [3.63, 3.8) is 0 Å². The molecule has 1 heterocycles. The summed E-state index contributed by atoms with van der Waals surface area (Å²) in [5.41, 5.74) is 7.53. The fraction of sp³-hybridized carbons (Fsp3) is 0.364. The lowest BCUT2D eigenvalue weighted by Crippen LogP contribution is -2.34. The molecule has 1 aromatic rings. The molecule has 0 radical (unpaired) electrons. The molecule has 86 valence electrons. The van der Waals surface area contributed by atoms with E-state index in [-0.39, 0.29) is 5.84 Å². The van der Waals surface area contributed by atoms with Crippen LogP contribution in [0, 0.1) is 0 Å². The molecule has 0 unspecified atom stereocenters. The molecule has 0 saturated carbocycles. The number of benzene rings is 1. The fourth-order valence-corrected chi connectivity index (χ4v) is 2.73. The first-order valence-corrected chi connectivity index (χ1v) is 6.38. The van der Waals surface area contributed by atoms with E-state index in [1.807, 2.05) is 36.0 Å². The van der Waals surface area contributed by atoms with Crippen molar-refractivity contribution in [2.45, 2.75) is 0 Å². The van der Waals surface area contributed by atoms with Gasteiger partial charge in [0.1, 0.15) is 0 Å². The molecule has 3 N–H and O–H groups in total. The summed E-state index contributed by atoms with van der Waals surface area (Å²) >= 11 is 1.96. The summed E-state index contributed by atoms with van der Waals surface area (Å²) < 4.78 is 0. The van der Waals surface area contributed by atoms with Crippen LogP contribution < -0.4 is 10.6 Å². The Hall–Kier alpha value is -1.36. The average molecular weight is 237 g/mol. The molecule has 5 heteroatoms. The van der Waals surface area contributed by atoms with Gasteiger partial charge in [-0.05, 0) is 12.1 Å². The van der Waals surface area contributed by atoms with E-state index in [2.05, 4.69) is 10.1 Å². The maximum atomic E-state index is 8.75. The molecule has 1 fully saturated rings. The largest absolute Gasteiger partial charge is 0.409 e. The standard InChI is InChI=1S/C11H15N3OS/c12-11(13-15)9-3-1-2-4-10(9)14-5-7-16-8-6-14/h1-4,15H,5-8H2,(H2,12,13). The molecule has 1 aliphatic heterocycles. The van der Waals surface area contributed by atoms with Crippen molar-refractivity contribution in [3.8, 4) is 0 Å². The quantitative estimate of drug-likeness (QED) is 0.352. The van der Waals surface area contributed by atoms with Crippen LogP contribution in [0.4, 0.5) is 5.69 Å². The van der Waals surface area contributed by atoms with Gasteiger partial charge in [-0.1, -0.05) is 17.3 Å². The Kier molecular flexibility index (Phi) is 3.56. The Morgan fingerprint density at radius 3 is 2.69 bits per heavy atom. The number of rotatable bonds is 2. The van der Waals surface area contributed by atoms with Crippen molar-refractivity contribution in [2.24, 2.45) is 10.9 Å². The zero-order valence-electron chi connectivity index (χ0n) is 8.97. The predicted molar refractivity (Wildman–Crippen MR) is 68.5 cm³/mol. The van der Waals surface area contributed by atoms with Gasteiger partial charge >= 0.3 is 0 Å². The Morgan fingerprint density at radius 1 is 1.31 bits per heavy atom. The highest BCUT2D eigenvalue weighted by molar-refractivity contribution is 7.99. The lowest BCUT2D eigenvalue weighted by atomic mass is 10.1. The normalized spacial score (nSPS) is 17.5. The van der Waals surface area contributed by atoms with Crippen LogP contribution in [-0.4, -0.2) is 35.6 Å². The molecule has 16 heavy (non-hydrogen) atoms. The predicted octanol–water partition coefficient (Wildman–Crippen LogP) is 1.33. The molecule has 2 rings (SSSR count). The summed E-state index contributed by atoms with van der Waals surface area (Å²) in [5.74, 6) is 2.43. The number of oxime groups is 1. The van der Waals surface area contributed by atoms with E-state index in [9.17, 15) is 0 Å². The summed E-state index contributed by atoms with van der Waals surface area (Å²) in [6, 6.07) is 7.77. The molecule has 0 aromatic heterocycles. The first kappa shape index (κ1) is 11.1. The minimum Gasteiger partial charge on any atom is -0.409 e. The molecule has 0 atom stereocenters. The van der Waals surface area contributed by atoms with E-state index < -0.39 is 0 Å². The second kappa shape index (κ2) is 5.12. The number of para-hydroxylation sites is 1. The van der Waals surface area contributed by atoms with E-state index in [1.54, 1.807) is 0 Å². The van der Waals surface area contributed by atoms with Crippen molar-refractivity contribution in [1.82, 2.24) is 0 Å².